The van der Waals surface area contributed by atoms with Gasteiger partial charge in [-0.2, -0.15) is 4.37 Å². The van der Waals surface area contributed by atoms with Crippen molar-refractivity contribution in [2.24, 2.45) is 0 Å². The lowest BCUT2D eigenvalue weighted by molar-refractivity contribution is 0.0699. The van der Waals surface area contributed by atoms with Crippen molar-refractivity contribution >= 4 is 43.5 Å². The standard InChI is InChI=1S/C8H4BrNO2S/c9-7-6-4(8(11)12)2-1-3-5(6)13-10-7/h1-3H,(H,11,12). The van der Waals surface area contributed by atoms with Crippen LogP contribution in [-0.2, 0) is 0 Å². The van der Waals surface area contributed by atoms with Gasteiger partial charge in [-0.05, 0) is 39.6 Å². The van der Waals surface area contributed by atoms with E-state index in [4.69, 9.17) is 5.11 Å². The third kappa shape index (κ3) is 1.34. The summed E-state index contributed by atoms with van der Waals surface area (Å²) in [5.41, 5.74) is 0.290. The van der Waals surface area contributed by atoms with Gasteiger partial charge in [0, 0.05) is 5.39 Å². The molecule has 0 aliphatic rings. The van der Waals surface area contributed by atoms with Gasteiger partial charge >= 0.3 is 5.97 Å². The fourth-order valence-corrected chi connectivity index (χ4v) is 2.62. The van der Waals surface area contributed by atoms with E-state index in [-0.39, 0.29) is 5.56 Å². The SMILES string of the molecule is O=C(O)c1cccc2snc(Br)c12. The van der Waals surface area contributed by atoms with Crippen LogP contribution < -0.4 is 0 Å². The van der Waals surface area contributed by atoms with Crippen molar-refractivity contribution in [1.29, 1.82) is 0 Å². The predicted octanol–water partition coefficient (Wildman–Crippen LogP) is 2.76. The first kappa shape index (κ1) is 8.65. The van der Waals surface area contributed by atoms with E-state index in [0.29, 0.717) is 9.99 Å². The molecule has 2 aromatic rings. The van der Waals surface area contributed by atoms with Crippen LogP contribution in [0.4, 0.5) is 0 Å². The Morgan fingerprint density at radius 1 is 1.54 bits per heavy atom. The van der Waals surface area contributed by atoms with E-state index < -0.39 is 5.97 Å². The Labute approximate surface area is 86.3 Å². The number of aromatic carboxylic acids is 1. The van der Waals surface area contributed by atoms with E-state index >= 15 is 0 Å². The Balaban J connectivity index is 2.88. The van der Waals surface area contributed by atoms with Gasteiger partial charge in [-0.3, -0.25) is 0 Å². The van der Waals surface area contributed by atoms with Crippen LogP contribution in [0.25, 0.3) is 10.1 Å². The van der Waals surface area contributed by atoms with Crippen LogP contribution in [0, 0.1) is 0 Å². The quantitative estimate of drug-likeness (QED) is 0.855. The lowest BCUT2D eigenvalue weighted by Gasteiger charge is -1.95. The van der Waals surface area contributed by atoms with Gasteiger partial charge in [-0.15, -0.1) is 0 Å². The maximum absolute atomic E-state index is 10.8. The van der Waals surface area contributed by atoms with E-state index in [1.54, 1.807) is 12.1 Å². The zero-order valence-electron chi connectivity index (χ0n) is 6.32. The number of hydrogen-bond acceptors (Lipinski definition) is 3. The summed E-state index contributed by atoms with van der Waals surface area (Å²) >= 11 is 4.51. The Kier molecular flexibility index (Phi) is 2.05. The first-order valence-electron chi connectivity index (χ1n) is 3.47. The predicted molar refractivity (Wildman–Crippen MR) is 54.3 cm³/mol. The van der Waals surface area contributed by atoms with Gasteiger partial charge < -0.3 is 5.11 Å². The molecular formula is C8H4BrNO2S. The van der Waals surface area contributed by atoms with Crippen molar-refractivity contribution in [3.05, 3.63) is 28.4 Å². The largest absolute Gasteiger partial charge is 0.478 e. The number of rotatable bonds is 1. The Morgan fingerprint density at radius 3 is 3.00 bits per heavy atom. The highest BCUT2D eigenvalue weighted by atomic mass is 79.9. The van der Waals surface area contributed by atoms with Gasteiger partial charge in [0.1, 0.15) is 4.60 Å². The Hall–Kier alpha value is -0.940. The summed E-state index contributed by atoms with van der Waals surface area (Å²) in [6, 6.07) is 5.14. The molecule has 0 aliphatic heterocycles. The van der Waals surface area contributed by atoms with Crippen LogP contribution in [0.5, 0.6) is 0 Å². The third-order valence-electron chi connectivity index (χ3n) is 1.69. The fraction of sp³-hybridized carbons (Fsp3) is 0. The van der Waals surface area contributed by atoms with Crippen molar-refractivity contribution in [2.75, 3.05) is 0 Å². The number of carboxylic acids is 1. The van der Waals surface area contributed by atoms with Gasteiger partial charge in [0.25, 0.3) is 0 Å². The van der Waals surface area contributed by atoms with E-state index in [9.17, 15) is 4.79 Å². The number of carboxylic acid groups (broad SMARTS) is 1. The molecule has 0 saturated carbocycles. The smallest absolute Gasteiger partial charge is 0.336 e. The molecule has 1 heterocycles. The monoisotopic (exact) mass is 257 g/mol. The van der Waals surface area contributed by atoms with E-state index in [0.717, 1.165) is 4.70 Å². The molecule has 0 amide bonds. The first-order chi connectivity index (χ1) is 6.20. The third-order valence-corrected chi connectivity index (χ3v) is 3.31. The molecule has 1 aromatic heterocycles. The van der Waals surface area contributed by atoms with Crippen LogP contribution in [0.1, 0.15) is 10.4 Å². The molecule has 0 atom stereocenters. The van der Waals surface area contributed by atoms with Gasteiger partial charge in [0.15, 0.2) is 0 Å². The number of aromatic nitrogens is 1. The fourth-order valence-electron chi connectivity index (χ4n) is 1.13. The molecule has 0 radical (unpaired) electrons. The second-order valence-electron chi connectivity index (χ2n) is 2.46. The van der Waals surface area contributed by atoms with Gasteiger partial charge in [0.05, 0.1) is 10.3 Å². The maximum atomic E-state index is 10.8. The zero-order chi connectivity index (χ0) is 9.42. The Bertz CT molecular complexity index is 480. The minimum Gasteiger partial charge on any atom is -0.478 e. The molecule has 3 nitrogen and oxygen atoms in total. The van der Waals surface area contributed by atoms with E-state index in [2.05, 4.69) is 20.3 Å². The number of benzene rings is 1. The number of carbonyl (C=O) groups is 1. The topological polar surface area (TPSA) is 50.2 Å². The van der Waals surface area contributed by atoms with Crippen molar-refractivity contribution < 1.29 is 9.90 Å². The molecule has 66 valence electrons. The van der Waals surface area contributed by atoms with Gasteiger partial charge in [-0.25, -0.2) is 4.79 Å². The maximum Gasteiger partial charge on any atom is 0.336 e. The molecule has 1 aromatic carbocycles. The average Bonchev–Trinajstić information content (AvgIpc) is 2.48. The summed E-state index contributed by atoms with van der Waals surface area (Å²) in [6.07, 6.45) is 0. The summed E-state index contributed by atoms with van der Waals surface area (Å²) in [6.45, 7) is 0. The molecule has 0 spiro atoms. The number of hydrogen-bond donors (Lipinski definition) is 1. The summed E-state index contributed by atoms with van der Waals surface area (Å²) < 4.78 is 5.52. The minimum absolute atomic E-state index is 0.290. The number of nitrogens with zero attached hydrogens (tertiary/aromatic N) is 1. The average molecular weight is 258 g/mol. The normalized spacial score (nSPS) is 10.5. The first-order valence-corrected chi connectivity index (χ1v) is 5.04. The summed E-state index contributed by atoms with van der Waals surface area (Å²) in [7, 11) is 0. The van der Waals surface area contributed by atoms with Crippen LogP contribution in [0.3, 0.4) is 0 Å². The number of fused-ring (bicyclic) bond motifs is 1. The lowest BCUT2D eigenvalue weighted by atomic mass is 10.1. The molecular weight excluding hydrogens is 254 g/mol. The highest BCUT2D eigenvalue weighted by molar-refractivity contribution is 9.10. The molecule has 1 N–H and O–H groups in total. The highest BCUT2D eigenvalue weighted by Crippen LogP contribution is 2.29. The summed E-state index contributed by atoms with van der Waals surface area (Å²) in [5, 5.41) is 9.56. The van der Waals surface area contributed by atoms with Crippen LogP contribution in [-0.4, -0.2) is 15.4 Å². The van der Waals surface area contributed by atoms with Gasteiger partial charge in [-0.1, -0.05) is 6.07 Å². The van der Waals surface area contributed by atoms with Crippen LogP contribution >= 0.6 is 27.5 Å². The molecule has 2 rings (SSSR count). The molecule has 0 fully saturated rings. The molecule has 0 aliphatic carbocycles. The zero-order valence-corrected chi connectivity index (χ0v) is 8.72. The second-order valence-corrected chi connectivity index (χ2v) is 4.01. The van der Waals surface area contributed by atoms with E-state index in [1.165, 1.54) is 11.5 Å². The molecule has 5 heteroatoms. The van der Waals surface area contributed by atoms with Crippen molar-refractivity contribution in [2.45, 2.75) is 0 Å². The van der Waals surface area contributed by atoms with Crippen molar-refractivity contribution in [3.63, 3.8) is 0 Å². The van der Waals surface area contributed by atoms with Crippen molar-refractivity contribution in [3.8, 4) is 0 Å². The second kappa shape index (κ2) is 3.08. The van der Waals surface area contributed by atoms with Gasteiger partial charge in [0.2, 0.25) is 0 Å². The van der Waals surface area contributed by atoms with Crippen LogP contribution in [0.2, 0.25) is 0 Å². The van der Waals surface area contributed by atoms with Crippen molar-refractivity contribution in [1.82, 2.24) is 4.37 Å². The molecule has 0 unspecified atom stereocenters. The number of halogens is 1. The van der Waals surface area contributed by atoms with Crippen LogP contribution in [0.15, 0.2) is 22.8 Å². The van der Waals surface area contributed by atoms with E-state index in [1.807, 2.05) is 6.07 Å². The molecule has 13 heavy (non-hydrogen) atoms. The summed E-state index contributed by atoms with van der Waals surface area (Å²) in [4.78, 5) is 10.8. The highest BCUT2D eigenvalue weighted by Gasteiger charge is 2.12. The lowest BCUT2D eigenvalue weighted by Crippen LogP contribution is -1.95. The minimum atomic E-state index is -0.925. The molecule has 0 bridgehead atoms. The Morgan fingerprint density at radius 2 is 2.31 bits per heavy atom. The summed E-state index contributed by atoms with van der Waals surface area (Å²) in [5.74, 6) is -0.925. The molecule has 0 saturated heterocycles.